The number of hydrogen-bond acceptors (Lipinski definition) is 4. The molecule has 1 heterocycles. The van der Waals surface area contributed by atoms with Gasteiger partial charge < -0.3 is 15.4 Å². The van der Waals surface area contributed by atoms with Crippen LogP contribution in [-0.2, 0) is 13.7 Å². The molecule has 30 heavy (non-hydrogen) atoms. The summed E-state index contributed by atoms with van der Waals surface area (Å²) < 4.78 is 7.15. The minimum absolute atomic E-state index is 0.277. The summed E-state index contributed by atoms with van der Waals surface area (Å²) in [7, 11) is 1.66. The van der Waals surface area contributed by atoms with E-state index in [9.17, 15) is 9.59 Å². The number of ether oxygens (including phenoxy) is 1. The zero-order valence-electron chi connectivity index (χ0n) is 16.8. The summed E-state index contributed by atoms with van der Waals surface area (Å²) in [4.78, 5) is 24.9. The molecule has 156 valence electrons. The van der Waals surface area contributed by atoms with Crippen molar-refractivity contribution in [1.82, 2.24) is 15.1 Å². The van der Waals surface area contributed by atoms with Gasteiger partial charge in [-0.3, -0.25) is 14.3 Å². The molecule has 0 spiro atoms. The number of aromatic nitrogens is 2. The Bertz CT molecular complexity index is 1030. The molecule has 0 aliphatic heterocycles. The quantitative estimate of drug-likeness (QED) is 0.569. The van der Waals surface area contributed by atoms with Crippen LogP contribution in [0.3, 0.4) is 0 Å². The highest BCUT2D eigenvalue weighted by Gasteiger charge is 2.18. The minimum atomic E-state index is -0.324. The third-order valence-electron chi connectivity index (χ3n) is 4.36. The Morgan fingerprint density at radius 2 is 1.90 bits per heavy atom. The van der Waals surface area contributed by atoms with E-state index in [1.807, 2.05) is 31.2 Å². The Morgan fingerprint density at radius 1 is 1.13 bits per heavy atom. The van der Waals surface area contributed by atoms with Crippen LogP contribution >= 0.6 is 11.6 Å². The van der Waals surface area contributed by atoms with Crippen molar-refractivity contribution >= 4 is 29.1 Å². The van der Waals surface area contributed by atoms with Crippen LogP contribution in [0.2, 0.25) is 5.02 Å². The SMILES string of the molecule is CCCNC(=O)c1c(NC(=O)c2ccc(COc3cccc(Cl)c3)cc2)cnn1C. The molecule has 0 radical (unpaired) electrons. The Labute approximate surface area is 180 Å². The van der Waals surface area contributed by atoms with E-state index in [0.29, 0.717) is 40.9 Å². The summed E-state index contributed by atoms with van der Waals surface area (Å²) in [6.45, 7) is 2.87. The van der Waals surface area contributed by atoms with Crippen LogP contribution in [0.25, 0.3) is 0 Å². The minimum Gasteiger partial charge on any atom is -0.489 e. The molecule has 3 rings (SSSR count). The van der Waals surface area contributed by atoms with Gasteiger partial charge in [-0.2, -0.15) is 5.10 Å². The van der Waals surface area contributed by atoms with E-state index >= 15 is 0 Å². The molecule has 0 aliphatic rings. The number of rotatable bonds is 8. The predicted octanol–water partition coefficient (Wildman–Crippen LogP) is 4.04. The molecule has 1 aromatic heterocycles. The lowest BCUT2D eigenvalue weighted by Gasteiger charge is -2.09. The maximum Gasteiger partial charge on any atom is 0.271 e. The van der Waals surface area contributed by atoms with E-state index in [2.05, 4.69) is 15.7 Å². The number of nitrogens with zero attached hydrogens (tertiary/aromatic N) is 2. The van der Waals surface area contributed by atoms with Gasteiger partial charge in [0.2, 0.25) is 0 Å². The number of aryl methyl sites for hydroxylation is 1. The predicted molar refractivity (Wildman–Crippen MR) is 116 cm³/mol. The van der Waals surface area contributed by atoms with Crippen molar-refractivity contribution in [2.75, 3.05) is 11.9 Å². The standard InChI is InChI=1S/C22H23ClN4O3/c1-3-11-24-22(29)20-19(13-25-27(20)2)26-21(28)16-9-7-15(8-10-16)14-30-18-6-4-5-17(23)12-18/h4-10,12-13H,3,11,14H2,1-2H3,(H,24,29)(H,26,28). The first-order chi connectivity index (χ1) is 14.5. The number of carbonyl (C=O) groups excluding carboxylic acids is 2. The van der Waals surface area contributed by atoms with Gasteiger partial charge in [0.25, 0.3) is 11.8 Å². The number of benzene rings is 2. The van der Waals surface area contributed by atoms with E-state index in [1.54, 1.807) is 31.3 Å². The normalized spacial score (nSPS) is 10.5. The molecule has 2 N–H and O–H groups in total. The fraction of sp³-hybridized carbons (Fsp3) is 0.227. The van der Waals surface area contributed by atoms with Crippen molar-refractivity contribution in [3.63, 3.8) is 0 Å². The third-order valence-corrected chi connectivity index (χ3v) is 4.59. The third kappa shape index (κ3) is 5.39. The van der Waals surface area contributed by atoms with Gasteiger partial charge in [-0.15, -0.1) is 0 Å². The molecule has 3 aromatic rings. The van der Waals surface area contributed by atoms with Crippen LogP contribution in [0, 0.1) is 0 Å². The second-order valence-corrected chi connectivity index (χ2v) is 7.12. The van der Waals surface area contributed by atoms with E-state index in [0.717, 1.165) is 12.0 Å². The highest BCUT2D eigenvalue weighted by Crippen LogP contribution is 2.19. The number of amides is 2. The first-order valence-corrected chi connectivity index (χ1v) is 9.94. The van der Waals surface area contributed by atoms with Gasteiger partial charge in [0.15, 0.2) is 0 Å². The van der Waals surface area contributed by atoms with Crippen molar-refractivity contribution in [2.45, 2.75) is 20.0 Å². The molecule has 0 bridgehead atoms. The van der Waals surface area contributed by atoms with Gasteiger partial charge in [-0.05, 0) is 42.3 Å². The molecule has 8 heteroatoms. The van der Waals surface area contributed by atoms with Gasteiger partial charge in [-0.25, -0.2) is 0 Å². The summed E-state index contributed by atoms with van der Waals surface area (Å²) in [5, 5.41) is 10.2. The van der Waals surface area contributed by atoms with E-state index in [1.165, 1.54) is 10.9 Å². The van der Waals surface area contributed by atoms with Crippen molar-refractivity contribution < 1.29 is 14.3 Å². The molecule has 0 unspecified atom stereocenters. The van der Waals surface area contributed by atoms with Crippen molar-refractivity contribution in [2.24, 2.45) is 7.05 Å². The Balaban J connectivity index is 1.63. The second kappa shape index (κ2) is 9.93. The summed E-state index contributed by atoms with van der Waals surface area (Å²) in [5.74, 6) is 0.0743. The average Bonchev–Trinajstić information content (AvgIpc) is 3.11. The van der Waals surface area contributed by atoms with Gasteiger partial charge in [0, 0.05) is 24.2 Å². The molecule has 0 fully saturated rings. The summed E-state index contributed by atoms with van der Waals surface area (Å²) in [6.07, 6.45) is 2.28. The topological polar surface area (TPSA) is 85.2 Å². The average molecular weight is 427 g/mol. The second-order valence-electron chi connectivity index (χ2n) is 6.68. The lowest BCUT2D eigenvalue weighted by Crippen LogP contribution is -2.27. The van der Waals surface area contributed by atoms with Crippen molar-refractivity contribution in [3.8, 4) is 5.75 Å². The molecule has 2 amide bonds. The number of carbonyl (C=O) groups is 2. The van der Waals surface area contributed by atoms with Crippen LogP contribution < -0.4 is 15.4 Å². The number of hydrogen-bond donors (Lipinski definition) is 2. The molecule has 0 atom stereocenters. The molecule has 0 saturated heterocycles. The maximum atomic E-state index is 12.6. The molecule has 2 aromatic carbocycles. The largest absolute Gasteiger partial charge is 0.489 e. The van der Waals surface area contributed by atoms with Gasteiger partial charge in [0.05, 0.1) is 11.9 Å². The molecular formula is C22H23ClN4O3. The van der Waals surface area contributed by atoms with Crippen LogP contribution in [0.15, 0.2) is 54.7 Å². The maximum absolute atomic E-state index is 12.6. The zero-order valence-corrected chi connectivity index (χ0v) is 17.6. The monoisotopic (exact) mass is 426 g/mol. The fourth-order valence-corrected chi connectivity index (χ4v) is 2.97. The summed E-state index contributed by atoms with van der Waals surface area (Å²) in [5.41, 5.74) is 2.05. The molecule has 0 aliphatic carbocycles. The number of halogens is 1. The highest BCUT2D eigenvalue weighted by atomic mass is 35.5. The Hall–Kier alpha value is -3.32. The van der Waals surface area contributed by atoms with Crippen molar-refractivity contribution in [3.05, 3.63) is 76.6 Å². The summed E-state index contributed by atoms with van der Waals surface area (Å²) in [6, 6.07) is 14.2. The molecule has 7 nitrogen and oxygen atoms in total. The Kier molecular flexibility index (Phi) is 7.08. The van der Waals surface area contributed by atoms with Crippen LogP contribution in [-0.4, -0.2) is 28.1 Å². The molecule has 0 saturated carbocycles. The lowest BCUT2D eigenvalue weighted by atomic mass is 10.1. The van der Waals surface area contributed by atoms with E-state index < -0.39 is 0 Å². The van der Waals surface area contributed by atoms with Crippen LogP contribution in [0.1, 0.15) is 39.8 Å². The number of anilines is 1. The fourth-order valence-electron chi connectivity index (χ4n) is 2.79. The van der Waals surface area contributed by atoms with E-state index in [4.69, 9.17) is 16.3 Å². The van der Waals surface area contributed by atoms with Gasteiger partial charge in [-0.1, -0.05) is 36.7 Å². The van der Waals surface area contributed by atoms with Crippen LogP contribution in [0.4, 0.5) is 5.69 Å². The van der Waals surface area contributed by atoms with Crippen LogP contribution in [0.5, 0.6) is 5.75 Å². The first-order valence-electron chi connectivity index (χ1n) is 9.56. The Morgan fingerprint density at radius 3 is 2.60 bits per heavy atom. The van der Waals surface area contributed by atoms with Crippen molar-refractivity contribution in [1.29, 1.82) is 0 Å². The van der Waals surface area contributed by atoms with Gasteiger partial charge in [0.1, 0.15) is 18.1 Å². The number of nitrogens with one attached hydrogen (secondary N) is 2. The lowest BCUT2D eigenvalue weighted by molar-refractivity contribution is 0.0945. The van der Waals surface area contributed by atoms with E-state index in [-0.39, 0.29) is 11.8 Å². The van der Waals surface area contributed by atoms with Gasteiger partial charge >= 0.3 is 0 Å². The highest BCUT2D eigenvalue weighted by molar-refractivity contribution is 6.30. The first kappa shape index (κ1) is 21.4. The smallest absolute Gasteiger partial charge is 0.271 e. The zero-order chi connectivity index (χ0) is 21.5. The molecular weight excluding hydrogens is 404 g/mol. The summed E-state index contributed by atoms with van der Waals surface area (Å²) >= 11 is 5.95.